The summed E-state index contributed by atoms with van der Waals surface area (Å²) in [7, 11) is 0. The number of piperidine rings is 1. The van der Waals surface area contributed by atoms with E-state index in [1.54, 1.807) is 20.8 Å². The number of nitrogens with zero attached hydrogens (tertiary/aromatic N) is 1. The lowest BCUT2D eigenvalue weighted by atomic mass is 10.0. The van der Waals surface area contributed by atoms with Gasteiger partial charge in [-0.2, -0.15) is 0 Å². The molecule has 98 valence electrons. The summed E-state index contributed by atoms with van der Waals surface area (Å²) in [4.78, 5) is 23.8. The summed E-state index contributed by atoms with van der Waals surface area (Å²) in [5.41, 5.74) is -0.642. The number of rotatable bonds is 1. The summed E-state index contributed by atoms with van der Waals surface area (Å²) >= 11 is 0. The third-order valence-corrected chi connectivity index (χ3v) is 2.48. The van der Waals surface area contributed by atoms with Crippen molar-refractivity contribution < 1.29 is 24.5 Å². The smallest absolute Gasteiger partial charge is 0.408 e. The van der Waals surface area contributed by atoms with Gasteiger partial charge in [0.05, 0.1) is 12.6 Å². The van der Waals surface area contributed by atoms with Crippen LogP contribution in [0.2, 0.25) is 0 Å². The lowest BCUT2D eigenvalue weighted by Gasteiger charge is -2.35. The molecule has 0 radical (unpaired) electrons. The van der Waals surface area contributed by atoms with Crippen LogP contribution in [0.5, 0.6) is 0 Å². The fourth-order valence-corrected chi connectivity index (χ4v) is 1.78. The SMILES string of the molecule is CC(C)(C)OC(=O)C1CCC(O)CN1C(=O)O. The summed E-state index contributed by atoms with van der Waals surface area (Å²) < 4.78 is 5.17. The first-order valence-electron chi connectivity index (χ1n) is 5.61. The van der Waals surface area contributed by atoms with E-state index in [9.17, 15) is 14.7 Å². The van der Waals surface area contributed by atoms with E-state index in [4.69, 9.17) is 9.84 Å². The summed E-state index contributed by atoms with van der Waals surface area (Å²) in [6.07, 6.45) is -1.21. The first-order chi connectivity index (χ1) is 7.70. The Bertz CT molecular complexity index is 309. The molecule has 0 aliphatic carbocycles. The van der Waals surface area contributed by atoms with Crippen LogP contribution in [0.25, 0.3) is 0 Å². The maximum absolute atomic E-state index is 11.8. The maximum atomic E-state index is 11.8. The van der Waals surface area contributed by atoms with Crippen molar-refractivity contribution in [2.45, 2.75) is 51.4 Å². The Labute approximate surface area is 100 Å². The largest absolute Gasteiger partial charge is 0.465 e. The zero-order valence-electron chi connectivity index (χ0n) is 10.3. The molecular weight excluding hydrogens is 226 g/mol. The van der Waals surface area contributed by atoms with Crippen LogP contribution < -0.4 is 0 Å². The van der Waals surface area contributed by atoms with Crippen molar-refractivity contribution in [1.29, 1.82) is 0 Å². The van der Waals surface area contributed by atoms with Crippen molar-refractivity contribution in [3.8, 4) is 0 Å². The number of aliphatic hydroxyl groups is 1. The third-order valence-electron chi connectivity index (χ3n) is 2.48. The highest BCUT2D eigenvalue weighted by atomic mass is 16.6. The van der Waals surface area contributed by atoms with Gasteiger partial charge in [-0.3, -0.25) is 4.90 Å². The Morgan fingerprint density at radius 2 is 1.88 bits per heavy atom. The first kappa shape index (κ1) is 13.8. The van der Waals surface area contributed by atoms with Crippen molar-refractivity contribution in [3.05, 3.63) is 0 Å². The number of carboxylic acid groups (broad SMARTS) is 1. The minimum atomic E-state index is -1.21. The molecule has 0 aromatic heterocycles. The molecule has 1 heterocycles. The van der Waals surface area contributed by atoms with Gasteiger partial charge in [-0.05, 0) is 33.6 Å². The minimum absolute atomic E-state index is 0.0424. The van der Waals surface area contributed by atoms with Crippen molar-refractivity contribution in [2.75, 3.05) is 6.54 Å². The molecule has 17 heavy (non-hydrogen) atoms. The standard InChI is InChI=1S/C11H19NO5/c1-11(2,3)17-9(14)8-5-4-7(13)6-12(8)10(15)16/h7-8,13H,4-6H2,1-3H3,(H,15,16). The van der Waals surface area contributed by atoms with Gasteiger partial charge < -0.3 is 14.9 Å². The van der Waals surface area contributed by atoms with Gasteiger partial charge in [0.25, 0.3) is 0 Å². The second kappa shape index (κ2) is 4.91. The van der Waals surface area contributed by atoms with Gasteiger partial charge in [0.15, 0.2) is 0 Å². The molecule has 0 saturated carbocycles. The number of likely N-dealkylation sites (tertiary alicyclic amines) is 1. The number of ether oxygens (including phenoxy) is 1. The molecule has 0 spiro atoms. The Morgan fingerprint density at radius 3 is 2.35 bits per heavy atom. The quantitative estimate of drug-likeness (QED) is 0.668. The van der Waals surface area contributed by atoms with Crippen molar-refractivity contribution in [3.63, 3.8) is 0 Å². The van der Waals surface area contributed by atoms with E-state index in [0.29, 0.717) is 12.8 Å². The molecule has 1 rings (SSSR count). The van der Waals surface area contributed by atoms with Gasteiger partial charge in [0.2, 0.25) is 0 Å². The van der Waals surface area contributed by atoms with Crippen molar-refractivity contribution >= 4 is 12.1 Å². The molecule has 1 aliphatic heterocycles. The number of hydrogen-bond acceptors (Lipinski definition) is 4. The van der Waals surface area contributed by atoms with Crippen LogP contribution in [0.15, 0.2) is 0 Å². The van der Waals surface area contributed by atoms with Crippen LogP contribution in [-0.2, 0) is 9.53 Å². The van der Waals surface area contributed by atoms with Crippen LogP contribution in [0.4, 0.5) is 4.79 Å². The number of carbonyl (C=O) groups excluding carboxylic acids is 1. The van der Waals surface area contributed by atoms with Gasteiger partial charge in [-0.25, -0.2) is 9.59 Å². The Balaban J connectivity index is 2.73. The summed E-state index contributed by atoms with van der Waals surface area (Å²) in [6, 6.07) is -0.810. The van der Waals surface area contributed by atoms with Crippen LogP contribution in [0.1, 0.15) is 33.6 Å². The lowest BCUT2D eigenvalue weighted by Crippen LogP contribution is -2.53. The average molecular weight is 245 g/mol. The van der Waals surface area contributed by atoms with Gasteiger partial charge in [-0.15, -0.1) is 0 Å². The molecule has 0 aromatic rings. The fraction of sp³-hybridized carbons (Fsp3) is 0.818. The van der Waals surface area contributed by atoms with E-state index in [1.807, 2.05) is 0 Å². The molecule has 6 heteroatoms. The summed E-state index contributed by atoms with van der Waals surface area (Å²) in [6.45, 7) is 5.15. The first-order valence-corrected chi connectivity index (χ1v) is 5.61. The highest BCUT2D eigenvalue weighted by molar-refractivity contribution is 5.81. The minimum Gasteiger partial charge on any atom is -0.465 e. The Morgan fingerprint density at radius 1 is 1.29 bits per heavy atom. The Kier molecular flexibility index (Phi) is 3.98. The number of hydrogen-bond donors (Lipinski definition) is 2. The van der Waals surface area contributed by atoms with E-state index in [0.717, 1.165) is 4.90 Å². The van der Waals surface area contributed by atoms with Gasteiger partial charge in [0.1, 0.15) is 11.6 Å². The zero-order valence-corrected chi connectivity index (χ0v) is 10.3. The number of amides is 1. The van der Waals surface area contributed by atoms with E-state index >= 15 is 0 Å². The highest BCUT2D eigenvalue weighted by Crippen LogP contribution is 2.21. The normalized spacial score (nSPS) is 25.5. The predicted octanol–water partition coefficient (Wildman–Crippen LogP) is 0.831. The van der Waals surface area contributed by atoms with E-state index in [-0.39, 0.29) is 6.54 Å². The molecule has 1 saturated heterocycles. The molecule has 6 nitrogen and oxygen atoms in total. The molecule has 1 aliphatic rings. The molecule has 1 fully saturated rings. The monoisotopic (exact) mass is 245 g/mol. The molecule has 2 atom stereocenters. The number of esters is 1. The maximum Gasteiger partial charge on any atom is 0.408 e. The van der Waals surface area contributed by atoms with Crippen molar-refractivity contribution in [2.24, 2.45) is 0 Å². The van der Waals surface area contributed by atoms with Crippen LogP contribution >= 0.6 is 0 Å². The van der Waals surface area contributed by atoms with Crippen LogP contribution in [-0.4, -0.2) is 51.5 Å². The zero-order chi connectivity index (χ0) is 13.2. The molecule has 0 aromatic carbocycles. The molecular formula is C11H19NO5. The second-order valence-corrected chi connectivity index (χ2v) is 5.22. The Hall–Kier alpha value is -1.30. The average Bonchev–Trinajstić information content (AvgIpc) is 2.14. The number of carbonyl (C=O) groups is 2. The van der Waals surface area contributed by atoms with E-state index in [1.165, 1.54) is 0 Å². The summed E-state index contributed by atoms with van der Waals surface area (Å²) in [5.74, 6) is -0.549. The molecule has 2 N–H and O–H groups in total. The van der Waals surface area contributed by atoms with Crippen LogP contribution in [0.3, 0.4) is 0 Å². The summed E-state index contributed by atoms with van der Waals surface area (Å²) in [5, 5.41) is 18.4. The fourth-order valence-electron chi connectivity index (χ4n) is 1.78. The van der Waals surface area contributed by atoms with Crippen LogP contribution in [0, 0.1) is 0 Å². The van der Waals surface area contributed by atoms with E-state index < -0.39 is 29.8 Å². The van der Waals surface area contributed by atoms with Gasteiger partial charge in [-0.1, -0.05) is 0 Å². The highest BCUT2D eigenvalue weighted by Gasteiger charge is 2.37. The molecule has 0 bridgehead atoms. The second-order valence-electron chi connectivity index (χ2n) is 5.22. The number of β-amino-alcohol motifs (C(OH)–C–C–N with tert-alkyl or cyclic N) is 1. The van der Waals surface area contributed by atoms with Gasteiger partial charge in [0, 0.05) is 0 Å². The van der Waals surface area contributed by atoms with Crippen molar-refractivity contribution in [1.82, 2.24) is 4.90 Å². The topological polar surface area (TPSA) is 87.1 Å². The lowest BCUT2D eigenvalue weighted by molar-refractivity contribution is -0.163. The van der Waals surface area contributed by atoms with Gasteiger partial charge >= 0.3 is 12.1 Å². The number of aliphatic hydroxyl groups excluding tert-OH is 1. The van der Waals surface area contributed by atoms with E-state index in [2.05, 4.69) is 0 Å². The third kappa shape index (κ3) is 3.89. The molecule has 2 unspecified atom stereocenters. The molecule has 1 amide bonds. The predicted molar refractivity (Wildman–Crippen MR) is 59.6 cm³/mol.